The molecule has 2 heterocycles. The van der Waals surface area contributed by atoms with Gasteiger partial charge in [0.1, 0.15) is 5.58 Å². The number of fused-ring (bicyclic) bond motifs is 1. The highest BCUT2D eigenvalue weighted by molar-refractivity contribution is 5.93. The smallest absolute Gasteiger partial charge is 0.287 e. The summed E-state index contributed by atoms with van der Waals surface area (Å²) >= 11 is 0. The summed E-state index contributed by atoms with van der Waals surface area (Å²) in [5.74, 6) is -0.378. The summed E-state index contributed by atoms with van der Waals surface area (Å²) in [5.41, 5.74) is 1.27. The van der Waals surface area contributed by atoms with Crippen LogP contribution in [0.1, 0.15) is 22.3 Å². The normalized spacial score (nSPS) is 12.5. The maximum absolute atomic E-state index is 12.5. The number of aromatic nitrogens is 1. The first-order valence-electron chi connectivity index (χ1n) is 8.06. The number of nitrogens with zero attached hydrogens (tertiary/aromatic N) is 2. The fraction of sp³-hybridized carbons (Fsp3) is 0.263. The van der Waals surface area contributed by atoms with E-state index in [2.05, 4.69) is 5.32 Å². The number of rotatable bonds is 5. The Bertz CT molecular complexity index is 956. The summed E-state index contributed by atoms with van der Waals surface area (Å²) in [6.45, 7) is 0.403. The van der Waals surface area contributed by atoms with Gasteiger partial charge in [0.25, 0.3) is 5.91 Å². The molecule has 0 fully saturated rings. The minimum absolute atomic E-state index is 0.0103. The summed E-state index contributed by atoms with van der Waals surface area (Å²) in [4.78, 5) is 26.6. The van der Waals surface area contributed by atoms with E-state index in [1.54, 1.807) is 24.3 Å². The lowest BCUT2D eigenvalue weighted by atomic mass is 10.2. The fourth-order valence-corrected chi connectivity index (χ4v) is 2.86. The lowest BCUT2D eigenvalue weighted by Crippen LogP contribution is -2.35. The molecule has 0 bridgehead atoms. The Kier molecular flexibility index (Phi) is 4.72. The van der Waals surface area contributed by atoms with E-state index in [0.717, 1.165) is 5.69 Å². The quantitative estimate of drug-likeness (QED) is 0.773. The van der Waals surface area contributed by atoms with Crippen LogP contribution in [0, 0.1) is 0 Å². The highest BCUT2D eigenvalue weighted by Gasteiger charge is 2.19. The summed E-state index contributed by atoms with van der Waals surface area (Å²) in [7, 11) is 5.88. The average molecular weight is 339 g/mol. The monoisotopic (exact) mass is 339 g/mol. The summed E-state index contributed by atoms with van der Waals surface area (Å²) < 4.78 is 7.60. The molecule has 3 rings (SSSR count). The Morgan fingerprint density at radius 1 is 1.24 bits per heavy atom. The molecule has 0 saturated carbocycles. The lowest BCUT2D eigenvalue weighted by Gasteiger charge is -2.25. The topological polar surface area (TPSA) is 67.5 Å². The number of aryl methyl sites for hydroxylation is 1. The number of carbonyl (C=O) groups excluding carboxylic acids is 1. The molecular weight excluding hydrogens is 318 g/mol. The van der Waals surface area contributed by atoms with Crippen LogP contribution in [-0.4, -0.2) is 36.0 Å². The van der Waals surface area contributed by atoms with Crippen LogP contribution in [0.4, 0.5) is 0 Å². The molecule has 2 aromatic heterocycles. The molecular formula is C19H21N3O3. The third-order valence-electron chi connectivity index (χ3n) is 4.26. The Labute approximate surface area is 145 Å². The third kappa shape index (κ3) is 3.49. The molecule has 0 radical (unpaired) electrons. The van der Waals surface area contributed by atoms with Crippen molar-refractivity contribution in [3.05, 3.63) is 70.3 Å². The maximum atomic E-state index is 12.5. The first-order chi connectivity index (χ1) is 12.0. The Morgan fingerprint density at radius 2 is 2.00 bits per heavy atom. The van der Waals surface area contributed by atoms with Crippen molar-refractivity contribution >= 4 is 16.9 Å². The third-order valence-corrected chi connectivity index (χ3v) is 4.26. The fourth-order valence-electron chi connectivity index (χ4n) is 2.86. The minimum atomic E-state index is -0.399. The van der Waals surface area contributed by atoms with Crippen LogP contribution in [0.2, 0.25) is 0 Å². The number of likely N-dealkylation sites (N-methyl/N-ethyl adjacent to an activating group) is 1. The molecule has 1 atom stereocenters. The number of hydrogen-bond acceptors (Lipinski definition) is 4. The number of benzene rings is 1. The van der Waals surface area contributed by atoms with Gasteiger partial charge in [-0.05, 0) is 38.4 Å². The maximum Gasteiger partial charge on any atom is 0.287 e. The van der Waals surface area contributed by atoms with Crippen molar-refractivity contribution < 1.29 is 9.21 Å². The van der Waals surface area contributed by atoms with E-state index >= 15 is 0 Å². The average Bonchev–Trinajstić information content (AvgIpc) is 3.00. The van der Waals surface area contributed by atoms with Crippen molar-refractivity contribution in [2.75, 3.05) is 20.6 Å². The Balaban J connectivity index is 1.80. The summed E-state index contributed by atoms with van der Waals surface area (Å²) in [5, 5.41) is 3.33. The van der Waals surface area contributed by atoms with Crippen LogP contribution in [0.5, 0.6) is 0 Å². The zero-order valence-electron chi connectivity index (χ0n) is 14.5. The molecule has 6 heteroatoms. The summed E-state index contributed by atoms with van der Waals surface area (Å²) in [6, 6.07) is 12.1. The van der Waals surface area contributed by atoms with Crippen molar-refractivity contribution in [2.45, 2.75) is 6.04 Å². The van der Waals surface area contributed by atoms with E-state index in [-0.39, 0.29) is 17.2 Å². The van der Waals surface area contributed by atoms with Gasteiger partial charge in [0.05, 0.1) is 11.4 Å². The molecule has 0 aliphatic carbocycles. The predicted molar refractivity (Wildman–Crippen MR) is 96.7 cm³/mol. The Morgan fingerprint density at radius 3 is 2.68 bits per heavy atom. The standard InChI is InChI=1S/C19H21N3O3/c1-21(2)15(14-8-6-10-22(14)3)12-20-19(24)18-11-16(23)13-7-4-5-9-17(13)25-18/h4-11,15H,12H2,1-3H3,(H,20,24)/t15-/m1/s1. The number of hydrogen-bond donors (Lipinski definition) is 1. The van der Waals surface area contributed by atoms with Crippen molar-refractivity contribution in [2.24, 2.45) is 7.05 Å². The second-order valence-corrected chi connectivity index (χ2v) is 6.20. The molecule has 0 aliphatic heterocycles. The van der Waals surface area contributed by atoms with Crippen LogP contribution in [0.15, 0.2) is 57.9 Å². The molecule has 130 valence electrons. The van der Waals surface area contributed by atoms with Crippen LogP contribution >= 0.6 is 0 Å². The molecule has 3 aromatic rings. The van der Waals surface area contributed by atoms with Crippen LogP contribution < -0.4 is 10.7 Å². The lowest BCUT2D eigenvalue weighted by molar-refractivity contribution is 0.0914. The van der Waals surface area contributed by atoms with E-state index in [1.807, 2.05) is 48.9 Å². The van der Waals surface area contributed by atoms with Gasteiger partial charge in [0.2, 0.25) is 0 Å². The molecule has 0 aliphatic rings. The van der Waals surface area contributed by atoms with Crippen LogP contribution in [0.25, 0.3) is 11.0 Å². The number of amides is 1. The predicted octanol–water partition coefficient (Wildman–Crippen LogP) is 2.16. The van der Waals surface area contributed by atoms with E-state index in [1.165, 1.54) is 6.07 Å². The largest absolute Gasteiger partial charge is 0.451 e. The molecule has 1 amide bonds. The van der Waals surface area contributed by atoms with Gasteiger partial charge in [-0.15, -0.1) is 0 Å². The molecule has 0 unspecified atom stereocenters. The van der Waals surface area contributed by atoms with Crippen LogP contribution in [0.3, 0.4) is 0 Å². The highest BCUT2D eigenvalue weighted by atomic mass is 16.3. The van der Waals surface area contributed by atoms with Crippen LogP contribution in [-0.2, 0) is 7.05 Å². The van der Waals surface area contributed by atoms with E-state index < -0.39 is 5.91 Å². The van der Waals surface area contributed by atoms with Gasteiger partial charge in [-0.2, -0.15) is 0 Å². The zero-order chi connectivity index (χ0) is 18.0. The van der Waals surface area contributed by atoms with Crippen molar-refractivity contribution in [1.82, 2.24) is 14.8 Å². The van der Waals surface area contributed by atoms with E-state index in [0.29, 0.717) is 17.5 Å². The molecule has 0 spiro atoms. The summed E-state index contributed by atoms with van der Waals surface area (Å²) in [6.07, 6.45) is 1.97. The molecule has 6 nitrogen and oxygen atoms in total. The number of para-hydroxylation sites is 1. The van der Waals surface area contributed by atoms with Gasteiger partial charge in [0.15, 0.2) is 11.2 Å². The van der Waals surface area contributed by atoms with E-state index in [9.17, 15) is 9.59 Å². The second-order valence-electron chi connectivity index (χ2n) is 6.20. The number of nitrogens with one attached hydrogen (secondary N) is 1. The first-order valence-corrected chi connectivity index (χ1v) is 8.06. The van der Waals surface area contributed by atoms with Crippen molar-refractivity contribution in [3.8, 4) is 0 Å². The molecule has 1 N–H and O–H groups in total. The van der Waals surface area contributed by atoms with Gasteiger partial charge >= 0.3 is 0 Å². The van der Waals surface area contributed by atoms with Crippen molar-refractivity contribution in [1.29, 1.82) is 0 Å². The molecule has 0 saturated heterocycles. The number of carbonyl (C=O) groups is 1. The highest BCUT2D eigenvalue weighted by Crippen LogP contribution is 2.18. The first kappa shape index (κ1) is 17.0. The van der Waals surface area contributed by atoms with Gasteiger partial charge in [-0.3, -0.25) is 14.5 Å². The van der Waals surface area contributed by atoms with Gasteiger partial charge < -0.3 is 14.3 Å². The van der Waals surface area contributed by atoms with Gasteiger partial charge in [-0.1, -0.05) is 12.1 Å². The zero-order valence-corrected chi connectivity index (χ0v) is 14.5. The SMILES string of the molecule is CN(C)[C@H](CNC(=O)c1cc(=O)c2ccccc2o1)c1cccn1C. The van der Waals surface area contributed by atoms with Crippen molar-refractivity contribution in [3.63, 3.8) is 0 Å². The second kappa shape index (κ2) is 6.94. The van der Waals surface area contributed by atoms with Gasteiger partial charge in [-0.25, -0.2) is 0 Å². The minimum Gasteiger partial charge on any atom is -0.451 e. The Hall–Kier alpha value is -2.86. The van der Waals surface area contributed by atoms with Gasteiger partial charge in [0, 0.05) is 31.5 Å². The molecule has 1 aromatic carbocycles. The van der Waals surface area contributed by atoms with E-state index in [4.69, 9.17) is 4.42 Å². The molecule has 25 heavy (non-hydrogen) atoms.